The van der Waals surface area contributed by atoms with Crippen molar-refractivity contribution >= 4 is 50.1 Å². The van der Waals surface area contributed by atoms with E-state index < -0.39 is 28.8 Å². The van der Waals surface area contributed by atoms with Crippen molar-refractivity contribution in [1.82, 2.24) is 4.98 Å². The van der Waals surface area contributed by atoms with Crippen molar-refractivity contribution in [3.8, 4) is 0 Å². The molecule has 0 aromatic carbocycles. The highest BCUT2D eigenvalue weighted by Gasteiger charge is 2.42. The lowest BCUT2D eigenvalue weighted by molar-refractivity contribution is -0.0566. The van der Waals surface area contributed by atoms with E-state index >= 15 is 0 Å². The molecule has 27 heavy (non-hydrogen) atoms. The van der Waals surface area contributed by atoms with Crippen LogP contribution in [0.4, 0.5) is 13.2 Å². The van der Waals surface area contributed by atoms with Crippen molar-refractivity contribution in [2.75, 3.05) is 0 Å². The number of amidine groups is 1. The SMILES string of the molecule is CC(C1=NC(N)C(=S)C(C(F)(F)F)=N1)c1cc2c(C(C)(C)C)csc2cn1. The molecule has 0 spiro atoms. The predicted octanol–water partition coefficient (Wildman–Crippen LogP) is 4.77. The summed E-state index contributed by atoms with van der Waals surface area (Å²) >= 11 is 6.36. The predicted molar refractivity (Wildman–Crippen MR) is 108 cm³/mol. The third-order valence-electron chi connectivity index (χ3n) is 4.39. The van der Waals surface area contributed by atoms with E-state index in [0.29, 0.717) is 5.69 Å². The van der Waals surface area contributed by atoms with Crippen LogP contribution in [0.25, 0.3) is 10.1 Å². The Balaban J connectivity index is 2.05. The van der Waals surface area contributed by atoms with Gasteiger partial charge in [0.2, 0.25) is 0 Å². The van der Waals surface area contributed by atoms with Crippen LogP contribution in [0, 0.1) is 0 Å². The number of alkyl halides is 3. The Hall–Kier alpha value is -1.71. The van der Waals surface area contributed by atoms with Crippen LogP contribution in [-0.4, -0.2) is 33.7 Å². The molecule has 2 aromatic heterocycles. The number of hydrogen-bond acceptors (Lipinski definition) is 6. The largest absolute Gasteiger partial charge is 0.434 e. The quantitative estimate of drug-likeness (QED) is 0.723. The van der Waals surface area contributed by atoms with Gasteiger partial charge >= 0.3 is 6.18 Å². The maximum absolute atomic E-state index is 13.2. The van der Waals surface area contributed by atoms with E-state index in [1.54, 1.807) is 24.5 Å². The van der Waals surface area contributed by atoms with E-state index in [9.17, 15) is 13.2 Å². The smallest absolute Gasteiger partial charge is 0.305 e. The number of thiophene rings is 1. The highest BCUT2D eigenvalue weighted by molar-refractivity contribution is 7.82. The van der Waals surface area contributed by atoms with Gasteiger partial charge in [-0.1, -0.05) is 33.0 Å². The lowest BCUT2D eigenvalue weighted by atomic mass is 9.86. The molecule has 2 aromatic rings. The van der Waals surface area contributed by atoms with E-state index in [1.807, 2.05) is 6.07 Å². The second-order valence-corrected chi connectivity index (χ2v) is 8.83. The van der Waals surface area contributed by atoms with Crippen LogP contribution >= 0.6 is 23.6 Å². The molecule has 0 bridgehead atoms. The summed E-state index contributed by atoms with van der Waals surface area (Å²) < 4.78 is 40.7. The molecule has 1 aliphatic heterocycles. The van der Waals surface area contributed by atoms with Gasteiger partial charge in [-0.2, -0.15) is 13.2 Å². The van der Waals surface area contributed by atoms with Crippen molar-refractivity contribution in [3.05, 3.63) is 28.9 Å². The van der Waals surface area contributed by atoms with Crippen LogP contribution in [0.1, 0.15) is 44.9 Å². The number of aromatic nitrogens is 1. The Morgan fingerprint density at radius 1 is 1.26 bits per heavy atom. The molecule has 2 N–H and O–H groups in total. The number of fused-ring (bicyclic) bond motifs is 1. The average molecular weight is 413 g/mol. The molecule has 144 valence electrons. The van der Waals surface area contributed by atoms with Crippen molar-refractivity contribution in [2.24, 2.45) is 15.7 Å². The number of rotatable bonds is 2. The van der Waals surface area contributed by atoms with Crippen molar-refractivity contribution < 1.29 is 13.2 Å². The molecule has 0 aliphatic carbocycles. The average Bonchev–Trinajstić information content (AvgIpc) is 2.98. The summed E-state index contributed by atoms with van der Waals surface area (Å²) in [5.74, 6) is -0.559. The first-order valence-corrected chi connectivity index (χ1v) is 9.59. The number of aliphatic imine (C=N–C) groups is 2. The first kappa shape index (κ1) is 20.0. The molecular weight excluding hydrogens is 393 g/mol. The fourth-order valence-electron chi connectivity index (χ4n) is 2.85. The number of halogens is 3. The molecule has 0 saturated carbocycles. The molecule has 0 radical (unpaired) electrons. The Labute approximate surface area is 164 Å². The third kappa shape index (κ3) is 3.81. The molecule has 0 saturated heterocycles. The summed E-state index contributed by atoms with van der Waals surface area (Å²) in [5, 5.41) is 3.13. The maximum atomic E-state index is 13.2. The van der Waals surface area contributed by atoms with Gasteiger partial charge in [-0.05, 0) is 34.7 Å². The van der Waals surface area contributed by atoms with Gasteiger partial charge in [0.05, 0.1) is 21.2 Å². The number of pyridine rings is 1. The van der Waals surface area contributed by atoms with Gasteiger partial charge in [0.1, 0.15) is 12.0 Å². The second-order valence-electron chi connectivity index (χ2n) is 7.48. The van der Waals surface area contributed by atoms with Crippen LogP contribution in [0.15, 0.2) is 27.6 Å². The number of thiocarbonyl (C=S) groups is 1. The fraction of sp³-hybridized carbons (Fsp3) is 0.444. The van der Waals surface area contributed by atoms with E-state index in [-0.39, 0.29) is 11.3 Å². The zero-order valence-corrected chi connectivity index (χ0v) is 16.9. The Bertz CT molecular complexity index is 967. The first-order chi connectivity index (χ1) is 12.4. The standard InChI is InChI=1S/C18H19F3N4S2/c1-8(16-24-14(18(19,20)21)13(26)15(22)25-16)11-5-9-10(17(2,3)4)7-27-12(9)6-23-11/h5-8,15H,22H2,1-4H3. The number of nitrogens with two attached hydrogens (primary N) is 1. The number of hydrogen-bond donors (Lipinski definition) is 1. The minimum atomic E-state index is -4.67. The van der Waals surface area contributed by atoms with Crippen LogP contribution in [0.5, 0.6) is 0 Å². The molecule has 3 rings (SSSR count). The summed E-state index contributed by atoms with van der Waals surface area (Å²) in [6.07, 6.45) is -4.16. The Kier molecular flexibility index (Phi) is 4.98. The highest BCUT2D eigenvalue weighted by atomic mass is 32.1. The van der Waals surface area contributed by atoms with E-state index in [2.05, 4.69) is 41.1 Å². The minimum Gasteiger partial charge on any atom is -0.305 e. The summed E-state index contributed by atoms with van der Waals surface area (Å²) in [4.78, 5) is 11.7. The van der Waals surface area contributed by atoms with Gasteiger partial charge in [0.15, 0.2) is 5.71 Å². The van der Waals surface area contributed by atoms with Crippen molar-refractivity contribution in [3.63, 3.8) is 0 Å². The topological polar surface area (TPSA) is 63.6 Å². The molecule has 2 unspecified atom stereocenters. The Morgan fingerprint density at radius 2 is 1.93 bits per heavy atom. The zero-order chi connectivity index (χ0) is 20.1. The zero-order valence-electron chi connectivity index (χ0n) is 15.3. The summed E-state index contributed by atoms with van der Waals surface area (Å²) in [7, 11) is 0. The van der Waals surface area contributed by atoms with Gasteiger partial charge in [0, 0.05) is 6.20 Å². The van der Waals surface area contributed by atoms with E-state index in [4.69, 9.17) is 18.0 Å². The Morgan fingerprint density at radius 3 is 2.52 bits per heavy atom. The summed E-state index contributed by atoms with van der Waals surface area (Å²) in [6.45, 7) is 8.06. The van der Waals surface area contributed by atoms with Gasteiger partial charge in [-0.25, -0.2) is 9.98 Å². The molecule has 9 heteroatoms. The van der Waals surface area contributed by atoms with Gasteiger partial charge in [0.25, 0.3) is 0 Å². The lowest BCUT2D eigenvalue weighted by Crippen LogP contribution is -2.44. The van der Waals surface area contributed by atoms with Crippen molar-refractivity contribution in [1.29, 1.82) is 0 Å². The molecule has 4 nitrogen and oxygen atoms in total. The fourth-order valence-corrected chi connectivity index (χ4v) is 4.20. The summed E-state index contributed by atoms with van der Waals surface area (Å²) in [6, 6.07) is 1.90. The molecule has 3 heterocycles. The van der Waals surface area contributed by atoms with Crippen LogP contribution in [-0.2, 0) is 5.41 Å². The molecule has 1 aliphatic rings. The first-order valence-electron chi connectivity index (χ1n) is 8.30. The molecule has 2 atom stereocenters. The van der Waals surface area contributed by atoms with E-state index in [0.717, 1.165) is 10.1 Å². The normalized spacial score (nSPS) is 19.9. The van der Waals surface area contributed by atoms with Gasteiger partial charge < -0.3 is 5.73 Å². The molecular formula is C18H19F3N4S2. The summed E-state index contributed by atoms with van der Waals surface area (Å²) in [5.41, 5.74) is 6.26. The van der Waals surface area contributed by atoms with Crippen molar-refractivity contribution in [2.45, 2.75) is 51.4 Å². The second kappa shape index (κ2) is 6.72. The maximum Gasteiger partial charge on any atom is 0.434 e. The van der Waals surface area contributed by atoms with E-state index in [1.165, 1.54) is 5.56 Å². The van der Waals surface area contributed by atoms with Crippen LogP contribution in [0.2, 0.25) is 0 Å². The van der Waals surface area contributed by atoms with Crippen LogP contribution in [0.3, 0.4) is 0 Å². The van der Waals surface area contributed by atoms with Crippen LogP contribution < -0.4 is 5.73 Å². The van der Waals surface area contributed by atoms with Gasteiger partial charge in [-0.15, -0.1) is 11.3 Å². The number of nitrogens with zero attached hydrogens (tertiary/aromatic N) is 3. The lowest BCUT2D eigenvalue weighted by Gasteiger charge is -2.23. The van der Waals surface area contributed by atoms with Gasteiger partial charge in [-0.3, -0.25) is 4.98 Å². The third-order valence-corrected chi connectivity index (χ3v) is 5.76. The minimum absolute atomic E-state index is 0.0113. The molecule has 0 amide bonds. The highest BCUT2D eigenvalue weighted by Crippen LogP contribution is 2.36. The molecule has 0 fully saturated rings. The monoisotopic (exact) mass is 412 g/mol.